The highest BCUT2D eigenvalue weighted by Crippen LogP contribution is 2.38. The molecule has 0 spiro atoms. The third-order valence-corrected chi connectivity index (χ3v) is 3.91. The topological polar surface area (TPSA) is 52.0 Å². The first kappa shape index (κ1) is 11.3. The summed E-state index contributed by atoms with van der Waals surface area (Å²) < 4.78 is 6.85. The monoisotopic (exact) mass is 258 g/mol. The molecule has 3 nitrogen and oxygen atoms in total. The lowest BCUT2D eigenvalue weighted by molar-refractivity contribution is 0.593. The van der Waals surface area contributed by atoms with Gasteiger partial charge < -0.3 is 10.2 Å². The van der Waals surface area contributed by atoms with Crippen LogP contribution in [0.4, 0.5) is 6.01 Å². The Morgan fingerprint density at radius 3 is 2.83 bits per heavy atom. The minimum absolute atomic E-state index is 0.240. The number of thiophene rings is 1. The summed E-state index contributed by atoms with van der Waals surface area (Å²) in [5.74, 6) is 1.10. The van der Waals surface area contributed by atoms with E-state index in [0.717, 1.165) is 17.0 Å². The molecule has 0 saturated carbocycles. The van der Waals surface area contributed by atoms with Crippen molar-refractivity contribution in [1.82, 2.24) is 4.98 Å². The first-order chi connectivity index (χ1) is 8.66. The van der Waals surface area contributed by atoms with Gasteiger partial charge in [-0.05, 0) is 12.0 Å². The van der Waals surface area contributed by atoms with Gasteiger partial charge in [-0.15, -0.1) is 11.3 Å². The average Bonchev–Trinajstić information content (AvgIpc) is 2.92. The van der Waals surface area contributed by atoms with Crippen molar-refractivity contribution in [2.75, 3.05) is 5.73 Å². The second kappa shape index (κ2) is 4.14. The molecule has 18 heavy (non-hydrogen) atoms. The molecule has 0 aliphatic carbocycles. The van der Waals surface area contributed by atoms with E-state index >= 15 is 0 Å². The van der Waals surface area contributed by atoms with Crippen LogP contribution in [0.2, 0.25) is 0 Å². The van der Waals surface area contributed by atoms with Crippen molar-refractivity contribution in [3.05, 3.63) is 35.3 Å². The second-order valence-electron chi connectivity index (χ2n) is 4.57. The SMILES string of the molecule is CC(C)c1nc(N)oc1-c1csc2ccccc12. The molecule has 92 valence electrons. The Labute approximate surface area is 109 Å². The lowest BCUT2D eigenvalue weighted by Gasteiger charge is -2.02. The molecule has 0 radical (unpaired) electrons. The number of benzene rings is 1. The standard InChI is InChI=1S/C14H14N2OS/c1-8(2)12-13(17-14(15)16-12)10-7-18-11-6-4-3-5-9(10)11/h3-8H,1-2H3,(H2,15,16). The third-order valence-electron chi connectivity index (χ3n) is 2.94. The summed E-state index contributed by atoms with van der Waals surface area (Å²) in [4.78, 5) is 4.29. The van der Waals surface area contributed by atoms with E-state index in [0.29, 0.717) is 5.92 Å². The van der Waals surface area contributed by atoms with E-state index in [-0.39, 0.29) is 6.01 Å². The minimum atomic E-state index is 0.240. The molecule has 0 aliphatic rings. The molecule has 0 saturated heterocycles. The smallest absolute Gasteiger partial charge is 0.292 e. The molecule has 3 aromatic rings. The zero-order valence-corrected chi connectivity index (χ0v) is 11.1. The molecule has 2 heterocycles. The molecule has 2 aromatic heterocycles. The van der Waals surface area contributed by atoms with Crippen molar-refractivity contribution in [3.8, 4) is 11.3 Å². The number of nitrogen functional groups attached to an aromatic ring is 1. The Balaban J connectivity index is 2.26. The van der Waals surface area contributed by atoms with E-state index in [1.54, 1.807) is 11.3 Å². The molecule has 0 amide bonds. The fourth-order valence-corrected chi connectivity index (χ4v) is 3.03. The van der Waals surface area contributed by atoms with Crippen LogP contribution in [-0.2, 0) is 0 Å². The van der Waals surface area contributed by atoms with Crippen LogP contribution in [0.3, 0.4) is 0 Å². The van der Waals surface area contributed by atoms with Gasteiger partial charge >= 0.3 is 0 Å². The number of hydrogen-bond donors (Lipinski definition) is 1. The Morgan fingerprint density at radius 2 is 2.06 bits per heavy atom. The molecular formula is C14H14N2OS. The molecule has 0 unspecified atom stereocenters. The number of rotatable bonds is 2. The third kappa shape index (κ3) is 1.69. The number of anilines is 1. The lowest BCUT2D eigenvalue weighted by atomic mass is 10.0. The van der Waals surface area contributed by atoms with Crippen LogP contribution < -0.4 is 5.73 Å². The number of hydrogen-bond acceptors (Lipinski definition) is 4. The highest BCUT2D eigenvalue weighted by atomic mass is 32.1. The predicted molar refractivity (Wildman–Crippen MR) is 75.8 cm³/mol. The zero-order chi connectivity index (χ0) is 12.7. The van der Waals surface area contributed by atoms with Gasteiger partial charge in [0.15, 0.2) is 5.76 Å². The highest BCUT2D eigenvalue weighted by molar-refractivity contribution is 7.17. The van der Waals surface area contributed by atoms with E-state index in [9.17, 15) is 0 Å². The maximum atomic E-state index is 5.69. The summed E-state index contributed by atoms with van der Waals surface area (Å²) >= 11 is 1.71. The average molecular weight is 258 g/mol. The molecule has 0 fully saturated rings. The van der Waals surface area contributed by atoms with Gasteiger partial charge in [-0.3, -0.25) is 0 Å². The summed E-state index contributed by atoms with van der Waals surface area (Å²) in [6, 6.07) is 8.53. The Hall–Kier alpha value is -1.81. The summed E-state index contributed by atoms with van der Waals surface area (Å²) in [5.41, 5.74) is 7.71. The lowest BCUT2D eigenvalue weighted by Crippen LogP contribution is -1.91. The highest BCUT2D eigenvalue weighted by Gasteiger charge is 2.19. The van der Waals surface area contributed by atoms with Crippen molar-refractivity contribution < 1.29 is 4.42 Å². The molecular weight excluding hydrogens is 244 g/mol. The first-order valence-corrected chi connectivity index (χ1v) is 6.77. The van der Waals surface area contributed by atoms with Crippen LogP contribution in [0.5, 0.6) is 0 Å². The van der Waals surface area contributed by atoms with E-state index in [2.05, 4.69) is 36.3 Å². The fraction of sp³-hybridized carbons (Fsp3) is 0.214. The molecule has 3 rings (SSSR count). The molecule has 0 atom stereocenters. The molecule has 2 N–H and O–H groups in total. The van der Waals surface area contributed by atoms with Gasteiger partial charge in [-0.25, -0.2) is 0 Å². The molecule has 1 aromatic carbocycles. The summed E-state index contributed by atoms with van der Waals surface area (Å²) in [6.07, 6.45) is 0. The Kier molecular flexibility index (Phi) is 2.59. The summed E-state index contributed by atoms with van der Waals surface area (Å²) in [7, 11) is 0. The van der Waals surface area contributed by atoms with Crippen LogP contribution in [0.25, 0.3) is 21.4 Å². The minimum Gasteiger partial charge on any atom is -0.423 e. The van der Waals surface area contributed by atoms with Crippen LogP contribution >= 0.6 is 11.3 Å². The Morgan fingerprint density at radius 1 is 1.28 bits per heavy atom. The van der Waals surface area contributed by atoms with E-state index in [1.165, 1.54) is 10.1 Å². The van der Waals surface area contributed by atoms with E-state index < -0.39 is 0 Å². The van der Waals surface area contributed by atoms with Gasteiger partial charge in [0.1, 0.15) is 0 Å². The second-order valence-corrected chi connectivity index (χ2v) is 5.48. The molecule has 4 heteroatoms. The summed E-state index contributed by atoms with van der Waals surface area (Å²) in [6.45, 7) is 4.19. The van der Waals surface area contributed by atoms with Crippen molar-refractivity contribution in [2.24, 2.45) is 0 Å². The number of nitrogens with two attached hydrogens (primary N) is 1. The van der Waals surface area contributed by atoms with Crippen molar-refractivity contribution in [1.29, 1.82) is 0 Å². The van der Waals surface area contributed by atoms with Crippen LogP contribution in [-0.4, -0.2) is 4.98 Å². The van der Waals surface area contributed by atoms with Gasteiger partial charge in [-0.1, -0.05) is 32.0 Å². The van der Waals surface area contributed by atoms with Crippen molar-refractivity contribution in [2.45, 2.75) is 19.8 Å². The fourth-order valence-electron chi connectivity index (χ4n) is 2.09. The predicted octanol–water partition coefficient (Wildman–Crippen LogP) is 4.26. The van der Waals surface area contributed by atoms with Crippen LogP contribution in [0.15, 0.2) is 34.1 Å². The van der Waals surface area contributed by atoms with E-state index in [1.807, 2.05) is 12.1 Å². The number of oxazole rings is 1. The van der Waals surface area contributed by atoms with Gasteiger partial charge in [0.25, 0.3) is 6.01 Å². The van der Waals surface area contributed by atoms with Crippen molar-refractivity contribution >= 4 is 27.4 Å². The quantitative estimate of drug-likeness (QED) is 0.747. The van der Waals surface area contributed by atoms with Gasteiger partial charge in [0.05, 0.1) is 5.69 Å². The number of nitrogens with zero attached hydrogens (tertiary/aromatic N) is 1. The maximum absolute atomic E-state index is 5.69. The van der Waals surface area contributed by atoms with Crippen LogP contribution in [0.1, 0.15) is 25.5 Å². The summed E-state index contributed by atoms with van der Waals surface area (Å²) in [5, 5.41) is 3.30. The maximum Gasteiger partial charge on any atom is 0.292 e. The largest absolute Gasteiger partial charge is 0.423 e. The normalized spacial score (nSPS) is 11.5. The number of aromatic nitrogens is 1. The van der Waals surface area contributed by atoms with Gasteiger partial charge in [0, 0.05) is 21.0 Å². The number of fused-ring (bicyclic) bond motifs is 1. The first-order valence-electron chi connectivity index (χ1n) is 5.89. The van der Waals surface area contributed by atoms with Gasteiger partial charge in [-0.2, -0.15) is 4.98 Å². The van der Waals surface area contributed by atoms with Crippen molar-refractivity contribution in [3.63, 3.8) is 0 Å². The Bertz CT molecular complexity index is 697. The zero-order valence-electron chi connectivity index (χ0n) is 10.3. The van der Waals surface area contributed by atoms with Crippen LogP contribution in [0, 0.1) is 0 Å². The van der Waals surface area contributed by atoms with E-state index in [4.69, 9.17) is 10.2 Å². The molecule has 0 aliphatic heterocycles. The van der Waals surface area contributed by atoms with Gasteiger partial charge in [0.2, 0.25) is 0 Å². The molecule has 0 bridgehead atoms.